The molecule has 41 heavy (non-hydrogen) atoms. The number of aromatic hydroxyl groups is 1. The molecule has 6 rings (SSSR count). The van der Waals surface area contributed by atoms with Gasteiger partial charge in [0.15, 0.2) is 0 Å². The summed E-state index contributed by atoms with van der Waals surface area (Å²) >= 11 is 0. The molecule has 0 unspecified atom stereocenters. The van der Waals surface area contributed by atoms with Gasteiger partial charge in [-0.15, -0.1) is 0 Å². The summed E-state index contributed by atoms with van der Waals surface area (Å²) in [6.07, 6.45) is 0. The van der Waals surface area contributed by atoms with Gasteiger partial charge < -0.3 is 24.1 Å². The Morgan fingerprint density at radius 3 is 1.46 bits per heavy atom. The Labute approximate surface area is 237 Å². The molecule has 0 amide bonds. The normalized spacial score (nSPS) is 10.7. The van der Waals surface area contributed by atoms with Crippen LogP contribution in [0.1, 0.15) is 5.56 Å². The topological polar surface area (TPSA) is 80.9 Å². The lowest BCUT2D eigenvalue weighted by molar-refractivity contribution is 0.118. The number of fused-ring (bicyclic) bond motifs is 2. The van der Waals surface area contributed by atoms with Crippen molar-refractivity contribution in [3.63, 3.8) is 0 Å². The van der Waals surface area contributed by atoms with E-state index in [1.165, 1.54) is 0 Å². The quantitative estimate of drug-likeness (QED) is 0.187. The minimum atomic E-state index is -0.0289. The number of benzene rings is 6. The summed E-state index contributed by atoms with van der Waals surface area (Å²) in [4.78, 5) is 0. The first-order valence-electron chi connectivity index (χ1n) is 13.0. The van der Waals surface area contributed by atoms with Crippen molar-refractivity contribution in [3.8, 4) is 45.9 Å². The molecule has 6 aromatic carbocycles. The van der Waals surface area contributed by atoms with E-state index in [-0.39, 0.29) is 19.3 Å². The number of hydrogen-bond donors (Lipinski definition) is 1. The zero-order chi connectivity index (χ0) is 28.0. The van der Waals surface area contributed by atoms with Gasteiger partial charge in [-0.1, -0.05) is 60.7 Å². The predicted octanol–water partition coefficient (Wildman–Crippen LogP) is 8.07. The van der Waals surface area contributed by atoms with Crippen LogP contribution in [-0.4, -0.2) is 18.7 Å². The molecule has 6 nitrogen and oxygen atoms in total. The molecule has 0 spiro atoms. The van der Waals surface area contributed by atoms with Gasteiger partial charge in [0.25, 0.3) is 0 Å². The molecule has 6 aromatic rings. The molecule has 6 heteroatoms. The highest BCUT2D eigenvalue weighted by Gasteiger charge is 2.19. The lowest BCUT2D eigenvalue weighted by Gasteiger charge is -2.20. The van der Waals surface area contributed by atoms with Crippen molar-refractivity contribution in [2.24, 2.45) is 0 Å². The van der Waals surface area contributed by atoms with E-state index in [2.05, 4.69) is 30.3 Å². The van der Waals surface area contributed by atoms with Gasteiger partial charge in [-0.05, 0) is 82.2 Å². The maximum atomic E-state index is 9.56. The third-order valence-corrected chi connectivity index (χ3v) is 6.73. The molecule has 0 fully saturated rings. The summed E-state index contributed by atoms with van der Waals surface area (Å²) in [7, 11) is 0. The molecule has 0 bridgehead atoms. The van der Waals surface area contributed by atoms with Crippen molar-refractivity contribution in [1.82, 2.24) is 0 Å². The monoisotopic (exact) mass is 539 g/mol. The fourth-order valence-corrected chi connectivity index (χ4v) is 4.75. The minimum absolute atomic E-state index is 0.0256. The van der Waals surface area contributed by atoms with Crippen molar-refractivity contribution in [2.75, 3.05) is 13.6 Å². The van der Waals surface area contributed by atoms with E-state index < -0.39 is 0 Å². The fraction of sp³-hybridized carbons (Fsp3) is 0.0571. The van der Waals surface area contributed by atoms with Crippen LogP contribution in [-0.2, 0) is 0 Å². The van der Waals surface area contributed by atoms with Crippen molar-refractivity contribution < 1.29 is 24.1 Å². The Kier molecular flexibility index (Phi) is 7.24. The van der Waals surface area contributed by atoms with Crippen LogP contribution in [0.15, 0.2) is 121 Å². The Balaban J connectivity index is 1.38. The summed E-state index contributed by atoms with van der Waals surface area (Å²) < 4.78 is 24.1. The fourth-order valence-electron chi connectivity index (χ4n) is 4.75. The van der Waals surface area contributed by atoms with Gasteiger partial charge in [-0.2, -0.15) is 5.26 Å². The van der Waals surface area contributed by atoms with E-state index >= 15 is 0 Å². The second-order valence-electron chi connectivity index (χ2n) is 9.26. The van der Waals surface area contributed by atoms with Gasteiger partial charge in [0.2, 0.25) is 13.6 Å². The van der Waals surface area contributed by atoms with E-state index in [1.54, 1.807) is 48.5 Å². The number of hydrogen-bond acceptors (Lipinski definition) is 6. The molecule has 0 aliphatic heterocycles. The third kappa shape index (κ3) is 5.56. The number of nitrogens with zero attached hydrogens (tertiary/aromatic N) is 1. The molecule has 0 aliphatic carbocycles. The van der Waals surface area contributed by atoms with Crippen LogP contribution in [0.3, 0.4) is 0 Å². The first-order chi connectivity index (χ1) is 20.2. The number of phenolic OH excluding ortho intramolecular Hbond substituents is 1. The standard InChI is InChI=1S/C35H25NO5/c36-21-24-9-15-28(16-10-24)38-22-40-32-19-11-25-5-1-3-7-30(25)34(32)35-31-8-4-2-6-26(31)12-20-33(35)41-23-39-29-17-13-27(37)14-18-29/h1-20,37H,22-23H2. The summed E-state index contributed by atoms with van der Waals surface area (Å²) in [6.45, 7) is -0.0545. The van der Waals surface area contributed by atoms with Crippen LogP contribution < -0.4 is 18.9 Å². The van der Waals surface area contributed by atoms with Gasteiger partial charge in [-0.25, -0.2) is 0 Å². The van der Waals surface area contributed by atoms with Crippen LogP contribution in [0.5, 0.6) is 28.7 Å². The van der Waals surface area contributed by atoms with Crippen LogP contribution in [0.25, 0.3) is 32.7 Å². The Morgan fingerprint density at radius 2 is 0.976 bits per heavy atom. The summed E-state index contributed by atoms with van der Waals surface area (Å²) in [5.41, 5.74) is 2.32. The maximum absolute atomic E-state index is 9.56. The maximum Gasteiger partial charge on any atom is 0.230 e. The summed E-state index contributed by atoms with van der Waals surface area (Å²) in [6, 6.07) is 39.7. The lowest BCUT2D eigenvalue weighted by atomic mass is 9.92. The zero-order valence-electron chi connectivity index (χ0n) is 22.0. The summed E-state index contributed by atoms with van der Waals surface area (Å²) in [5.74, 6) is 2.63. The number of nitriles is 1. The molecule has 200 valence electrons. The summed E-state index contributed by atoms with van der Waals surface area (Å²) in [5, 5.41) is 22.7. The van der Waals surface area contributed by atoms with Gasteiger partial charge in [0.1, 0.15) is 28.7 Å². The van der Waals surface area contributed by atoms with Gasteiger partial charge >= 0.3 is 0 Å². The molecule has 0 saturated carbocycles. The Morgan fingerprint density at radius 1 is 0.512 bits per heavy atom. The predicted molar refractivity (Wildman–Crippen MR) is 158 cm³/mol. The van der Waals surface area contributed by atoms with E-state index in [0.717, 1.165) is 32.7 Å². The average molecular weight is 540 g/mol. The minimum Gasteiger partial charge on any atom is -0.508 e. The average Bonchev–Trinajstić information content (AvgIpc) is 3.02. The molecule has 1 N–H and O–H groups in total. The Hall–Kier alpha value is -5.67. The largest absolute Gasteiger partial charge is 0.508 e. The van der Waals surface area contributed by atoms with E-state index in [1.807, 2.05) is 48.5 Å². The smallest absolute Gasteiger partial charge is 0.230 e. The van der Waals surface area contributed by atoms with E-state index in [4.69, 9.17) is 24.2 Å². The van der Waals surface area contributed by atoms with E-state index in [9.17, 15) is 5.11 Å². The van der Waals surface area contributed by atoms with Crippen LogP contribution in [0.4, 0.5) is 0 Å². The van der Waals surface area contributed by atoms with Crippen LogP contribution >= 0.6 is 0 Å². The molecule has 0 aliphatic rings. The van der Waals surface area contributed by atoms with Crippen molar-refractivity contribution >= 4 is 21.5 Å². The van der Waals surface area contributed by atoms with Gasteiger partial charge in [0.05, 0.1) is 11.6 Å². The number of phenols is 1. The second kappa shape index (κ2) is 11.6. The Bertz CT molecular complexity index is 1860. The highest BCUT2D eigenvalue weighted by Crippen LogP contribution is 2.45. The van der Waals surface area contributed by atoms with Gasteiger partial charge in [0, 0.05) is 11.1 Å². The second-order valence-corrected chi connectivity index (χ2v) is 9.26. The molecule has 0 saturated heterocycles. The number of ether oxygens (including phenoxy) is 4. The third-order valence-electron chi connectivity index (χ3n) is 6.73. The molecule has 0 radical (unpaired) electrons. The highest BCUT2D eigenvalue weighted by atomic mass is 16.7. The molecular formula is C35H25NO5. The molecule has 0 heterocycles. The van der Waals surface area contributed by atoms with Crippen LogP contribution in [0.2, 0.25) is 0 Å². The zero-order valence-corrected chi connectivity index (χ0v) is 22.0. The molecule has 0 aromatic heterocycles. The highest BCUT2D eigenvalue weighted by molar-refractivity contribution is 6.09. The van der Waals surface area contributed by atoms with Crippen molar-refractivity contribution in [2.45, 2.75) is 0 Å². The number of rotatable bonds is 9. The molecule has 0 atom stereocenters. The first kappa shape index (κ1) is 25.6. The van der Waals surface area contributed by atoms with E-state index in [0.29, 0.717) is 28.6 Å². The first-order valence-corrected chi connectivity index (χ1v) is 13.0. The van der Waals surface area contributed by atoms with Crippen molar-refractivity contribution in [3.05, 3.63) is 127 Å². The van der Waals surface area contributed by atoms with Gasteiger partial charge in [-0.3, -0.25) is 0 Å². The molecular weight excluding hydrogens is 514 g/mol. The lowest BCUT2D eigenvalue weighted by Crippen LogP contribution is -2.08. The van der Waals surface area contributed by atoms with Crippen LogP contribution in [0, 0.1) is 11.3 Å². The van der Waals surface area contributed by atoms with Crippen molar-refractivity contribution in [1.29, 1.82) is 5.26 Å². The SMILES string of the molecule is N#Cc1ccc(OCOc2ccc3ccccc3c2-c2c(OCOc3ccc(O)cc3)ccc3ccccc23)cc1.